The van der Waals surface area contributed by atoms with Crippen molar-refractivity contribution in [2.24, 2.45) is 0 Å². The maximum Gasteiger partial charge on any atom is 0.261 e. The summed E-state index contributed by atoms with van der Waals surface area (Å²) in [5.41, 5.74) is 2.03. The summed E-state index contributed by atoms with van der Waals surface area (Å²) < 4.78 is 19.2. The SMILES string of the molecule is CCCNC(=O)[C@@H](CC)N(Cc1ccc(C)cc1)C(=O)COc1ccccc1F. The Bertz CT molecular complexity index is 808. The number of para-hydroxylation sites is 1. The number of benzene rings is 2. The van der Waals surface area contributed by atoms with Gasteiger partial charge in [-0.05, 0) is 37.5 Å². The van der Waals surface area contributed by atoms with Gasteiger partial charge in [0.1, 0.15) is 6.04 Å². The van der Waals surface area contributed by atoms with E-state index in [0.29, 0.717) is 13.0 Å². The first-order valence-electron chi connectivity index (χ1n) is 9.96. The molecule has 1 N–H and O–H groups in total. The van der Waals surface area contributed by atoms with E-state index < -0.39 is 11.9 Å². The molecule has 0 bridgehead atoms. The molecule has 0 spiro atoms. The number of hydrogen-bond acceptors (Lipinski definition) is 3. The monoisotopic (exact) mass is 400 g/mol. The van der Waals surface area contributed by atoms with Gasteiger partial charge in [0.15, 0.2) is 18.2 Å². The minimum atomic E-state index is -0.625. The Morgan fingerprint density at radius 1 is 1.10 bits per heavy atom. The largest absolute Gasteiger partial charge is 0.481 e. The molecule has 0 aliphatic carbocycles. The maximum atomic E-state index is 13.8. The van der Waals surface area contributed by atoms with Crippen LogP contribution in [-0.2, 0) is 16.1 Å². The van der Waals surface area contributed by atoms with Crippen LogP contribution in [-0.4, -0.2) is 35.9 Å². The number of carbonyl (C=O) groups is 2. The number of ether oxygens (including phenoxy) is 1. The molecule has 156 valence electrons. The summed E-state index contributed by atoms with van der Waals surface area (Å²) in [5, 5.41) is 2.86. The van der Waals surface area contributed by atoms with Gasteiger partial charge in [-0.1, -0.05) is 55.8 Å². The summed E-state index contributed by atoms with van der Waals surface area (Å²) in [6, 6.07) is 13.1. The van der Waals surface area contributed by atoms with Crippen LogP contribution in [0.3, 0.4) is 0 Å². The Balaban J connectivity index is 2.19. The molecule has 0 aromatic heterocycles. The lowest BCUT2D eigenvalue weighted by molar-refractivity contribution is -0.143. The predicted octanol–water partition coefficient (Wildman–Crippen LogP) is 3.85. The second kappa shape index (κ2) is 11.2. The van der Waals surface area contributed by atoms with Gasteiger partial charge in [-0.15, -0.1) is 0 Å². The van der Waals surface area contributed by atoms with Crippen LogP contribution in [0, 0.1) is 12.7 Å². The second-order valence-corrected chi connectivity index (χ2v) is 6.94. The van der Waals surface area contributed by atoms with E-state index in [9.17, 15) is 14.0 Å². The van der Waals surface area contributed by atoms with Crippen LogP contribution in [0.4, 0.5) is 4.39 Å². The number of carbonyl (C=O) groups excluding carboxylic acids is 2. The molecule has 2 aromatic carbocycles. The van der Waals surface area contributed by atoms with Crippen LogP contribution >= 0.6 is 0 Å². The van der Waals surface area contributed by atoms with Gasteiger partial charge in [0.25, 0.3) is 5.91 Å². The van der Waals surface area contributed by atoms with E-state index in [4.69, 9.17) is 4.74 Å². The van der Waals surface area contributed by atoms with E-state index in [1.807, 2.05) is 45.0 Å². The Labute approximate surface area is 171 Å². The number of hydrogen-bond donors (Lipinski definition) is 1. The summed E-state index contributed by atoms with van der Waals surface area (Å²) in [7, 11) is 0. The molecule has 0 unspecified atom stereocenters. The molecule has 0 fully saturated rings. The van der Waals surface area contributed by atoms with Crippen molar-refractivity contribution in [2.75, 3.05) is 13.2 Å². The topological polar surface area (TPSA) is 58.6 Å². The van der Waals surface area contributed by atoms with Gasteiger partial charge in [-0.3, -0.25) is 9.59 Å². The number of aryl methyl sites for hydroxylation is 1. The van der Waals surface area contributed by atoms with Crippen molar-refractivity contribution >= 4 is 11.8 Å². The lowest BCUT2D eigenvalue weighted by atomic mass is 10.1. The highest BCUT2D eigenvalue weighted by Gasteiger charge is 2.28. The minimum absolute atomic E-state index is 0.0135. The summed E-state index contributed by atoms with van der Waals surface area (Å²) in [4.78, 5) is 27.1. The molecule has 2 amide bonds. The Morgan fingerprint density at radius 3 is 2.41 bits per heavy atom. The third kappa shape index (κ3) is 6.59. The van der Waals surface area contributed by atoms with Crippen LogP contribution in [0.25, 0.3) is 0 Å². The molecule has 0 heterocycles. The van der Waals surface area contributed by atoms with Crippen LogP contribution in [0.5, 0.6) is 5.75 Å². The van der Waals surface area contributed by atoms with E-state index in [2.05, 4.69) is 5.32 Å². The van der Waals surface area contributed by atoms with Gasteiger partial charge in [-0.2, -0.15) is 0 Å². The van der Waals surface area contributed by atoms with Crippen molar-refractivity contribution in [3.05, 3.63) is 65.5 Å². The van der Waals surface area contributed by atoms with Gasteiger partial charge in [0.05, 0.1) is 0 Å². The van der Waals surface area contributed by atoms with E-state index >= 15 is 0 Å². The molecule has 0 saturated heterocycles. The summed E-state index contributed by atoms with van der Waals surface area (Å²) in [6.45, 7) is 6.31. The maximum absolute atomic E-state index is 13.8. The number of nitrogens with zero attached hydrogens (tertiary/aromatic N) is 1. The van der Waals surface area contributed by atoms with Crippen LogP contribution in [0.2, 0.25) is 0 Å². The minimum Gasteiger partial charge on any atom is -0.481 e. The van der Waals surface area contributed by atoms with Crippen LogP contribution in [0.1, 0.15) is 37.8 Å². The highest BCUT2D eigenvalue weighted by Crippen LogP contribution is 2.17. The molecule has 6 heteroatoms. The molecule has 0 aliphatic heterocycles. The molecule has 0 saturated carbocycles. The Kier molecular flexibility index (Phi) is 8.65. The average molecular weight is 400 g/mol. The highest BCUT2D eigenvalue weighted by molar-refractivity contribution is 5.88. The Morgan fingerprint density at radius 2 is 1.79 bits per heavy atom. The zero-order valence-corrected chi connectivity index (χ0v) is 17.3. The molecule has 2 rings (SSSR count). The number of nitrogens with one attached hydrogen (secondary N) is 1. The predicted molar refractivity (Wildman–Crippen MR) is 111 cm³/mol. The highest BCUT2D eigenvalue weighted by atomic mass is 19.1. The molecule has 0 aliphatic rings. The summed E-state index contributed by atoms with van der Waals surface area (Å²) >= 11 is 0. The van der Waals surface area contributed by atoms with Crippen LogP contribution in [0.15, 0.2) is 48.5 Å². The summed E-state index contributed by atoms with van der Waals surface area (Å²) in [5.74, 6) is -1.08. The normalized spacial score (nSPS) is 11.6. The quantitative estimate of drug-likeness (QED) is 0.659. The van der Waals surface area contributed by atoms with Gasteiger partial charge in [0, 0.05) is 13.1 Å². The molecule has 0 radical (unpaired) electrons. The zero-order valence-electron chi connectivity index (χ0n) is 17.3. The Hall–Kier alpha value is -2.89. The fraction of sp³-hybridized carbons (Fsp3) is 0.391. The standard InChI is InChI=1S/C23H29FN2O3/c1-4-14-25-23(28)20(5-2)26(15-18-12-10-17(3)11-13-18)22(27)16-29-21-9-7-6-8-19(21)24/h6-13,20H,4-5,14-16H2,1-3H3,(H,25,28)/t20-/m1/s1. The number of halogens is 1. The van der Waals surface area contributed by atoms with Gasteiger partial charge in [0.2, 0.25) is 5.91 Å². The lowest BCUT2D eigenvalue weighted by Crippen LogP contribution is -2.50. The zero-order chi connectivity index (χ0) is 21.2. The van der Waals surface area contributed by atoms with Crippen molar-refractivity contribution in [1.29, 1.82) is 0 Å². The van der Waals surface area contributed by atoms with Crippen LogP contribution < -0.4 is 10.1 Å². The first-order chi connectivity index (χ1) is 14.0. The second-order valence-electron chi connectivity index (χ2n) is 6.94. The third-order valence-electron chi connectivity index (χ3n) is 4.60. The first kappa shape index (κ1) is 22.4. The smallest absolute Gasteiger partial charge is 0.261 e. The van der Waals surface area contributed by atoms with Gasteiger partial charge < -0.3 is 15.0 Å². The van der Waals surface area contributed by atoms with E-state index in [-0.39, 0.29) is 30.7 Å². The average Bonchev–Trinajstić information content (AvgIpc) is 2.72. The fourth-order valence-corrected chi connectivity index (χ4v) is 2.96. The molecule has 2 aromatic rings. The van der Waals surface area contributed by atoms with Gasteiger partial charge in [-0.25, -0.2) is 4.39 Å². The van der Waals surface area contributed by atoms with E-state index in [0.717, 1.165) is 17.5 Å². The lowest BCUT2D eigenvalue weighted by Gasteiger charge is -2.30. The third-order valence-corrected chi connectivity index (χ3v) is 4.60. The van der Waals surface area contributed by atoms with Gasteiger partial charge >= 0.3 is 0 Å². The molecule has 29 heavy (non-hydrogen) atoms. The van der Waals surface area contributed by atoms with E-state index in [1.54, 1.807) is 12.1 Å². The fourth-order valence-electron chi connectivity index (χ4n) is 2.96. The van der Waals surface area contributed by atoms with Crippen molar-refractivity contribution in [3.8, 4) is 5.75 Å². The molecule has 5 nitrogen and oxygen atoms in total. The van der Waals surface area contributed by atoms with Crippen molar-refractivity contribution in [3.63, 3.8) is 0 Å². The van der Waals surface area contributed by atoms with Crippen molar-refractivity contribution in [2.45, 2.75) is 46.2 Å². The van der Waals surface area contributed by atoms with Crippen molar-refractivity contribution in [1.82, 2.24) is 10.2 Å². The summed E-state index contributed by atoms with van der Waals surface area (Å²) in [6.07, 6.45) is 1.28. The van der Waals surface area contributed by atoms with Crippen molar-refractivity contribution < 1.29 is 18.7 Å². The molecule has 1 atom stereocenters. The number of rotatable bonds is 10. The first-order valence-corrected chi connectivity index (χ1v) is 9.96. The molecular formula is C23H29FN2O3. The molecular weight excluding hydrogens is 371 g/mol. The number of amides is 2. The van der Waals surface area contributed by atoms with E-state index in [1.165, 1.54) is 17.0 Å².